The van der Waals surface area contributed by atoms with Crippen LogP contribution in [0.3, 0.4) is 0 Å². The SMILES string of the molecule is CNC(=O)NSc1nc2ccc(OC(F)(F)F)cc2s1. The maximum absolute atomic E-state index is 12.1. The Labute approximate surface area is 119 Å². The quantitative estimate of drug-likeness (QED) is 0.852. The van der Waals surface area contributed by atoms with Crippen molar-refractivity contribution in [2.24, 2.45) is 0 Å². The van der Waals surface area contributed by atoms with E-state index >= 15 is 0 Å². The van der Waals surface area contributed by atoms with Crippen molar-refractivity contribution in [1.29, 1.82) is 0 Å². The number of thiazole rings is 1. The zero-order chi connectivity index (χ0) is 14.8. The van der Waals surface area contributed by atoms with Gasteiger partial charge >= 0.3 is 12.4 Å². The summed E-state index contributed by atoms with van der Waals surface area (Å²) in [5.74, 6) is -0.301. The molecule has 0 saturated heterocycles. The van der Waals surface area contributed by atoms with Crippen LogP contribution >= 0.6 is 23.3 Å². The van der Waals surface area contributed by atoms with Crippen molar-refractivity contribution < 1.29 is 22.7 Å². The molecule has 1 heterocycles. The van der Waals surface area contributed by atoms with E-state index < -0.39 is 12.4 Å². The van der Waals surface area contributed by atoms with E-state index in [2.05, 4.69) is 19.8 Å². The van der Waals surface area contributed by atoms with Crippen LogP contribution < -0.4 is 14.8 Å². The molecule has 108 valence electrons. The number of aromatic nitrogens is 1. The normalized spacial score (nSPS) is 11.4. The Bertz CT molecular complexity index is 630. The van der Waals surface area contributed by atoms with Gasteiger partial charge in [-0.05, 0) is 18.2 Å². The molecule has 2 amide bonds. The Balaban J connectivity index is 2.15. The lowest BCUT2D eigenvalue weighted by molar-refractivity contribution is -0.274. The Morgan fingerprint density at radius 2 is 2.20 bits per heavy atom. The Morgan fingerprint density at radius 3 is 2.85 bits per heavy atom. The molecular weight excluding hydrogens is 315 g/mol. The van der Waals surface area contributed by atoms with Crippen LogP contribution in [0.2, 0.25) is 0 Å². The molecule has 2 rings (SSSR count). The fourth-order valence-electron chi connectivity index (χ4n) is 1.27. The molecule has 0 spiro atoms. The maximum Gasteiger partial charge on any atom is 0.573 e. The van der Waals surface area contributed by atoms with Crippen LogP contribution in [0.5, 0.6) is 5.75 Å². The lowest BCUT2D eigenvalue weighted by Gasteiger charge is -2.07. The van der Waals surface area contributed by atoms with Crippen LogP contribution in [0.1, 0.15) is 0 Å². The van der Waals surface area contributed by atoms with E-state index in [-0.39, 0.29) is 5.75 Å². The number of urea groups is 1. The number of hydrogen-bond donors (Lipinski definition) is 2. The van der Waals surface area contributed by atoms with Crippen LogP contribution in [0.25, 0.3) is 10.2 Å². The first-order valence-corrected chi connectivity index (χ1v) is 6.81. The molecule has 0 fully saturated rings. The molecule has 0 aliphatic heterocycles. The largest absolute Gasteiger partial charge is 0.573 e. The smallest absolute Gasteiger partial charge is 0.406 e. The van der Waals surface area contributed by atoms with Gasteiger partial charge in [-0.25, -0.2) is 9.78 Å². The van der Waals surface area contributed by atoms with E-state index in [1.165, 1.54) is 25.2 Å². The molecule has 2 N–H and O–H groups in total. The fraction of sp³-hybridized carbons (Fsp3) is 0.200. The lowest BCUT2D eigenvalue weighted by Crippen LogP contribution is -2.27. The van der Waals surface area contributed by atoms with E-state index in [1.807, 2.05) is 0 Å². The Hall–Kier alpha value is -1.68. The Kier molecular flexibility index (Phi) is 4.23. The highest BCUT2D eigenvalue weighted by atomic mass is 32.2. The molecule has 1 aromatic heterocycles. The topological polar surface area (TPSA) is 63.2 Å². The van der Waals surface area contributed by atoms with Crippen molar-refractivity contribution in [3.8, 4) is 5.75 Å². The number of carbonyl (C=O) groups excluding carboxylic acids is 1. The average molecular weight is 323 g/mol. The van der Waals surface area contributed by atoms with E-state index in [0.29, 0.717) is 14.6 Å². The van der Waals surface area contributed by atoms with Gasteiger partial charge in [-0.15, -0.1) is 24.5 Å². The number of amides is 2. The molecule has 0 radical (unpaired) electrons. The van der Waals surface area contributed by atoms with E-state index in [1.54, 1.807) is 0 Å². The van der Waals surface area contributed by atoms with Gasteiger partial charge in [0.25, 0.3) is 0 Å². The van der Waals surface area contributed by atoms with Crippen LogP contribution in [0.4, 0.5) is 18.0 Å². The van der Waals surface area contributed by atoms with Crippen molar-refractivity contribution in [2.45, 2.75) is 10.7 Å². The van der Waals surface area contributed by atoms with E-state index in [4.69, 9.17) is 0 Å². The van der Waals surface area contributed by atoms with Gasteiger partial charge in [0, 0.05) is 19.0 Å². The van der Waals surface area contributed by atoms with Gasteiger partial charge in [-0.3, -0.25) is 4.72 Å². The summed E-state index contributed by atoms with van der Waals surface area (Å²) in [6.07, 6.45) is -4.73. The van der Waals surface area contributed by atoms with Crippen LogP contribution in [0, 0.1) is 0 Å². The van der Waals surface area contributed by atoms with Gasteiger partial charge in [0.2, 0.25) is 0 Å². The number of nitrogens with zero attached hydrogens (tertiary/aromatic N) is 1. The van der Waals surface area contributed by atoms with Gasteiger partial charge in [0.1, 0.15) is 5.75 Å². The molecule has 0 unspecified atom stereocenters. The lowest BCUT2D eigenvalue weighted by atomic mass is 10.3. The van der Waals surface area contributed by atoms with Gasteiger partial charge < -0.3 is 10.1 Å². The number of nitrogens with one attached hydrogen (secondary N) is 2. The average Bonchev–Trinajstić information content (AvgIpc) is 2.76. The number of benzene rings is 1. The fourth-order valence-corrected chi connectivity index (χ4v) is 2.98. The molecule has 0 saturated carbocycles. The summed E-state index contributed by atoms with van der Waals surface area (Å²) in [5.41, 5.74) is 0.533. The van der Waals surface area contributed by atoms with Gasteiger partial charge in [-0.1, -0.05) is 0 Å². The second kappa shape index (κ2) is 5.75. The van der Waals surface area contributed by atoms with Crippen molar-refractivity contribution >= 4 is 39.5 Å². The van der Waals surface area contributed by atoms with E-state index in [9.17, 15) is 18.0 Å². The molecule has 20 heavy (non-hydrogen) atoms. The molecule has 0 aliphatic carbocycles. The third-order valence-corrected chi connectivity index (χ3v) is 3.90. The standard InChI is InChI=1S/C10H8F3N3O2S2/c1-14-8(17)16-20-9-15-6-3-2-5(4-7(6)19-9)18-10(11,12)13/h2-4H,1H3,(H2,14,16,17). The predicted molar refractivity (Wildman–Crippen MR) is 69.8 cm³/mol. The number of fused-ring (bicyclic) bond motifs is 1. The summed E-state index contributed by atoms with van der Waals surface area (Å²) in [6.45, 7) is 0. The van der Waals surface area contributed by atoms with Crippen LogP contribution in [-0.2, 0) is 0 Å². The molecule has 2 aromatic rings. The van der Waals surface area contributed by atoms with Crippen molar-refractivity contribution in [3.05, 3.63) is 18.2 Å². The first kappa shape index (κ1) is 14.7. The summed E-state index contributed by atoms with van der Waals surface area (Å²) in [7, 11) is 1.47. The summed E-state index contributed by atoms with van der Waals surface area (Å²) >= 11 is 2.13. The van der Waals surface area contributed by atoms with Crippen molar-refractivity contribution in [3.63, 3.8) is 0 Å². The highest BCUT2D eigenvalue weighted by molar-refractivity contribution is 7.99. The zero-order valence-electron chi connectivity index (χ0n) is 9.95. The first-order chi connectivity index (χ1) is 9.37. The molecule has 0 aliphatic rings. The monoisotopic (exact) mass is 323 g/mol. The minimum Gasteiger partial charge on any atom is -0.406 e. The number of alkyl halides is 3. The van der Waals surface area contributed by atoms with Crippen molar-refractivity contribution in [1.82, 2.24) is 15.0 Å². The zero-order valence-corrected chi connectivity index (χ0v) is 11.6. The number of hydrogen-bond acceptors (Lipinski definition) is 5. The highest BCUT2D eigenvalue weighted by Crippen LogP contribution is 2.32. The number of carbonyl (C=O) groups is 1. The minimum absolute atomic E-state index is 0.301. The maximum atomic E-state index is 12.1. The molecule has 1 aromatic carbocycles. The third kappa shape index (κ3) is 3.90. The molecule has 0 atom stereocenters. The highest BCUT2D eigenvalue weighted by Gasteiger charge is 2.31. The second-order valence-electron chi connectivity index (χ2n) is 3.44. The molecule has 5 nitrogen and oxygen atoms in total. The van der Waals surface area contributed by atoms with Crippen LogP contribution in [0.15, 0.2) is 22.5 Å². The molecule has 10 heteroatoms. The number of halogens is 3. The molecule has 0 bridgehead atoms. The van der Waals surface area contributed by atoms with E-state index in [0.717, 1.165) is 23.3 Å². The van der Waals surface area contributed by atoms with Gasteiger partial charge in [0.15, 0.2) is 4.34 Å². The Morgan fingerprint density at radius 1 is 1.45 bits per heavy atom. The third-order valence-electron chi connectivity index (χ3n) is 2.03. The predicted octanol–water partition coefficient (Wildman–Crippen LogP) is 3.13. The van der Waals surface area contributed by atoms with Gasteiger partial charge in [-0.2, -0.15) is 0 Å². The molecular formula is C10H8F3N3O2S2. The summed E-state index contributed by atoms with van der Waals surface area (Å²) in [4.78, 5) is 15.2. The van der Waals surface area contributed by atoms with Crippen molar-refractivity contribution in [2.75, 3.05) is 7.05 Å². The summed E-state index contributed by atoms with van der Waals surface area (Å²) in [6, 6.07) is 3.48. The second-order valence-corrected chi connectivity index (χ2v) is 5.52. The first-order valence-electron chi connectivity index (χ1n) is 5.18. The summed E-state index contributed by atoms with van der Waals surface area (Å²) < 4.78 is 43.6. The van der Waals surface area contributed by atoms with Gasteiger partial charge in [0.05, 0.1) is 10.2 Å². The number of ether oxygens (including phenoxy) is 1. The minimum atomic E-state index is -4.73. The summed E-state index contributed by atoms with van der Waals surface area (Å²) in [5, 5.41) is 2.36. The number of rotatable bonds is 3. The van der Waals surface area contributed by atoms with Crippen LogP contribution in [-0.4, -0.2) is 24.4 Å².